The van der Waals surface area contributed by atoms with E-state index in [9.17, 15) is 0 Å². The van der Waals surface area contributed by atoms with Crippen molar-refractivity contribution >= 4 is 5.84 Å². The first kappa shape index (κ1) is 8.43. The van der Waals surface area contributed by atoms with Crippen molar-refractivity contribution in [1.29, 1.82) is 0 Å². The van der Waals surface area contributed by atoms with Crippen LogP contribution in [-0.2, 0) is 0 Å². The minimum atomic E-state index is 0.587. The largest absolute Gasteiger partial charge is 0.290 e. The molecule has 0 aromatic heterocycles. The normalized spacial score (nSPS) is 11.7. The highest BCUT2D eigenvalue weighted by Crippen LogP contribution is 1.86. The smallest absolute Gasteiger partial charge is 0.117 e. The Morgan fingerprint density at radius 3 is 2.78 bits per heavy atom. The summed E-state index contributed by atoms with van der Waals surface area (Å²) in [4.78, 5) is 3.99. The maximum absolute atomic E-state index is 8.25. The number of nitrogens with one attached hydrogen (secondary N) is 1. The van der Waals surface area contributed by atoms with Crippen molar-refractivity contribution in [3.05, 3.63) is 0 Å². The Morgan fingerprint density at radius 1 is 1.67 bits per heavy atom. The summed E-state index contributed by atoms with van der Waals surface area (Å²) in [6.07, 6.45) is 2.22. The standard InChI is InChI=1S/C6H14N2O/c1-3-4-5-7-6(2)8-9/h9H,3-5H2,1-2H3,(H,7,8). The lowest BCUT2D eigenvalue weighted by atomic mass is 10.3. The van der Waals surface area contributed by atoms with E-state index in [1.165, 1.54) is 0 Å². The van der Waals surface area contributed by atoms with E-state index in [4.69, 9.17) is 5.21 Å². The van der Waals surface area contributed by atoms with Crippen molar-refractivity contribution in [2.75, 3.05) is 6.54 Å². The molecular formula is C6H14N2O. The first-order valence-corrected chi connectivity index (χ1v) is 3.22. The van der Waals surface area contributed by atoms with Crippen molar-refractivity contribution in [3.63, 3.8) is 0 Å². The van der Waals surface area contributed by atoms with Gasteiger partial charge in [0.25, 0.3) is 0 Å². The van der Waals surface area contributed by atoms with Gasteiger partial charge in [-0.15, -0.1) is 0 Å². The lowest BCUT2D eigenvalue weighted by Gasteiger charge is -1.95. The second-order valence-electron chi connectivity index (χ2n) is 1.93. The SMILES string of the molecule is CCCCN=C(C)NO. The van der Waals surface area contributed by atoms with Crippen molar-refractivity contribution in [1.82, 2.24) is 5.48 Å². The summed E-state index contributed by atoms with van der Waals surface area (Å²) in [6.45, 7) is 4.64. The third-order valence-electron chi connectivity index (χ3n) is 1.02. The third-order valence-corrected chi connectivity index (χ3v) is 1.02. The van der Waals surface area contributed by atoms with Gasteiger partial charge in [0.05, 0.1) is 0 Å². The zero-order valence-corrected chi connectivity index (χ0v) is 6.02. The zero-order valence-electron chi connectivity index (χ0n) is 6.02. The quantitative estimate of drug-likeness (QED) is 0.261. The second kappa shape index (κ2) is 5.56. The van der Waals surface area contributed by atoms with Gasteiger partial charge in [0, 0.05) is 6.54 Å². The van der Waals surface area contributed by atoms with E-state index in [2.05, 4.69) is 11.9 Å². The number of amidine groups is 1. The Kier molecular flexibility index (Phi) is 5.21. The molecule has 3 heteroatoms. The first-order chi connectivity index (χ1) is 4.31. The average molecular weight is 130 g/mol. The highest BCUT2D eigenvalue weighted by atomic mass is 16.5. The molecule has 0 aromatic carbocycles. The highest BCUT2D eigenvalue weighted by molar-refractivity contribution is 5.78. The fourth-order valence-electron chi connectivity index (χ4n) is 0.440. The molecule has 0 heterocycles. The Labute approximate surface area is 55.8 Å². The first-order valence-electron chi connectivity index (χ1n) is 3.22. The third kappa shape index (κ3) is 5.30. The average Bonchev–Trinajstić information content (AvgIpc) is 1.89. The molecule has 0 aliphatic rings. The van der Waals surface area contributed by atoms with E-state index in [-0.39, 0.29) is 0 Å². The molecule has 9 heavy (non-hydrogen) atoms. The predicted octanol–water partition coefficient (Wildman–Crippen LogP) is 1.18. The van der Waals surface area contributed by atoms with Gasteiger partial charge in [-0.2, -0.15) is 0 Å². The fourth-order valence-corrected chi connectivity index (χ4v) is 0.440. The van der Waals surface area contributed by atoms with Crippen LogP contribution in [0, 0.1) is 0 Å². The van der Waals surface area contributed by atoms with Crippen LogP contribution in [0.5, 0.6) is 0 Å². The molecule has 0 atom stereocenters. The van der Waals surface area contributed by atoms with Crippen LogP contribution in [0.4, 0.5) is 0 Å². The van der Waals surface area contributed by atoms with Gasteiger partial charge < -0.3 is 0 Å². The van der Waals surface area contributed by atoms with Crippen LogP contribution in [-0.4, -0.2) is 17.6 Å². The van der Waals surface area contributed by atoms with Gasteiger partial charge >= 0.3 is 0 Å². The summed E-state index contributed by atoms with van der Waals surface area (Å²) in [5.74, 6) is 0.587. The zero-order chi connectivity index (χ0) is 7.11. The Bertz CT molecular complexity index is 91.1. The molecule has 0 aliphatic carbocycles. The molecule has 0 aliphatic heterocycles. The van der Waals surface area contributed by atoms with Gasteiger partial charge in [0.2, 0.25) is 0 Å². The topological polar surface area (TPSA) is 44.6 Å². The molecule has 0 radical (unpaired) electrons. The van der Waals surface area contributed by atoms with E-state index in [1.54, 1.807) is 6.92 Å². The lowest BCUT2D eigenvalue weighted by Crippen LogP contribution is -2.14. The number of nitrogens with zero attached hydrogens (tertiary/aromatic N) is 1. The molecule has 0 amide bonds. The minimum Gasteiger partial charge on any atom is -0.290 e. The molecule has 0 saturated heterocycles. The summed E-state index contributed by atoms with van der Waals surface area (Å²) < 4.78 is 0. The van der Waals surface area contributed by atoms with Gasteiger partial charge in [-0.05, 0) is 13.3 Å². The summed E-state index contributed by atoms with van der Waals surface area (Å²) in [6, 6.07) is 0. The molecule has 0 saturated carbocycles. The molecule has 0 bridgehead atoms. The molecule has 3 nitrogen and oxygen atoms in total. The van der Waals surface area contributed by atoms with Crippen LogP contribution in [0.1, 0.15) is 26.7 Å². The minimum absolute atomic E-state index is 0.587. The maximum atomic E-state index is 8.25. The van der Waals surface area contributed by atoms with Gasteiger partial charge in [-0.25, -0.2) is 0 Å². The monoisotopic (exact) mass is 130 g/mol. The van der Waals surface area contributed by atoms with E-state index in [0.29, 0.717) is 5.84 Å². The van der Waals surface area contributed by atoms with Crippen LogP contribution in [0.3, 0.4) is 0 Å². The fraction of sp³-hybridized carbons (Fsp3) is 0.833. The molecule has 0 rings (SSSR count). The van der Waals surface area contributed by atoms with E-state index in [1.807, 2.05) is 5.48 Å². The van der Waals surface area contributed by atoms with E-state index >= 15 is 0 Å². The molecule has 0 unspecified atom stereocenters. The molecule has 0 spiro atoms. The summed E-state index contributed by atoms with van der Waals surface area (Å²) in [5, 5.41) is 8.25. The highest BCUT2D eigenvalue weighted by Gasteiger charge is 1.82. The number of hydroxylamine groups is 1. The number of rotatable bonds is 3. The summed E-state index contributed by atoms with van der Waals surface area (Å²) in [5.41, 5.74) is 1.97. The maximum Gasteiger partial charge on any atom is 0.117 e. The van der Waals surface area contributed by atoms with E-state index in [0.717, 1.165) is 19.4 Å². The Morgan fingerprint density at radius 2 is 2.33 bits per heavy atom. The van der Waals surface area contributed by atoms with E-state index < -0.39 is 0 Å². The van der Waals surface area contributed by atoms with Crippen LogP contribution < -0.4 is 5.48 Å². The molecule has 2 N–H and O–H groups in total. The van der Waals surface area contributed by atoms with Gasteiger partial charge in [0.1, 0.15) is 5.84 Å². The number of hydrogen-bond donors (Lipinski definition) is 2. The number of aliphatic imine (C=N–C) groups is 1. The van der Waals surface area contributed by atoms with Crippen LogP contribution >= 0.6 is 0 Å². The van der Waals surface area contributed by atoms with Crippen molar-refractivity contribution < 1.29 is 5.21 Å². The molecule has 54 valence electrons. The second-order valence-corrected chi connectivity index (χ2v) is 1.93. The molecule has 0 aromatic rings. The number of hydrogen-bond acceptors (Lipinski definition) is 2. The van der Waals surface area contributed by atoms with Crippen molar-refractivity contribution in [3.8, 4) is 0 Å². The summed E-state index contributed by atoms with van der Waals surface area (Å²) in [7, 11) is 0. The summed E-state index contributed by atoms with van der Waals surface area (Å²) >= 11 is 0. The number of unbranched alkanes of at least 4 members (excludes halogenated alkanes) is 1. The molecular weight excluding hydrogens is 116 g/mol. The van der Waals surface area contributed by atoms with Gasteiger partial charge in [-0.1, -0.05) is 13.3 Å². The van der Waals surface area contributed by atoms with Crippen LogP contribution in [0.25, 0.3) is 0 Å². The van der Waals surface area contributed by atoms with Crippen molar-refractivity contribution in [2.24, 2.45) is 4.99 Å². The lowest BCUT2D eigenvalue weighted by molar-refractivity contribution is 0.233. The Hall–Kier alpha value is -0.570. The van der Waals surface area contributed by atoms with Crippen LogP contribution in [0.2, 0.25) is 0 Å². The Balaban J connectivity index is 3.21. The molecule has 0 fully saturated rings. The van der Waals surface area contributed by atoms with Gasteiger partial charge in [0.15, 0.2) is 0 Å². The van der Waals surface area contributed by atoms with Gasteiger partial charge in [-0.3, -0.25) is 15.7 Å². The van der Waals surface area contributed by atoms with Crippen molar-refractivity contribution in [2.45, 2.75) is 26.7 Å². The van der Waals surface area contributed by atoms with Crippen LogP contribution in [0.15, 0.2) is 4.99 Å². The predicted molar refractivity (Wildman–Crippen MR) is 37.8 cm³/mol.